The fraction of sp³-hybridized carbons (Fsp3) is 0.136. The van der Waals surface area contributed by atoms with Crippen molar-refractivity contribution in [1.29, 1.82) is 0 Å². The normalized spacial score (nSPS) is 16.5. The van der Waals surface area contributed by atoms with Gasteiger partial charge in [0.25, 0.3) is 0 Å². The van der Waals surface area contributed by atoms with Crippen molar-refractivity contribution in [3.05, 3.63) is 87.9 Å². The molecule has 3 aromatic carbocycles. The van der Waals surface area contributed by atoms with Crippen molar-refractivity contribution in [2.75, 3.05) is 0 Å². The summed E-state index contributed by atoms with van der Waals surface area (Å²) in [7, 11) is 0. The van der Waals surface area contributed by atoms with E-state index in [0.29, 0.717) is 5.02 Å². The monoisotopic (exact) mass is 381 g/mol. The van der Waals surface area contributed by atoms with Gasteiger partial charge in [-0.25, -0.2) is 0 Å². The van der Waals surface area contributed by atoms with Gasteiger partial charge < -0.3 is 5.11 Å². The van der Waals surface area contributed by atoms with Crippen molar-refractivity contribution in [2.45, 2.75) is 18.9 Å². The Kier molecular flexibility index (Phi) is 4.71. The van der Waals surface area contributed by atoms with Crippen molar-refractivity contribution in [3.63, 3.8) is 0 Å². The summed E-state index contributed by atoms with van der Waals surface area (Å²) in [5.41, 5.74) is 5.37. The Morgan fingerprint density at radius 2 is 1.50 bits per heavy atom. The van der Waals surface area contributed by atoms with Gasteiger partial charge in [-0.1, -0.05) is 71.7 Å². The fourth-order valence-corrected chi connectivity index (χ4v) is 3.76. The molecular formula is C22H17Cl2NO. The van der Waals surface area contributed by atoms with Gasteiger partial charge in [-0.05, 0) is 53.3 Å². The molecule has 2 nitrogen and oxygen atoms in total. The molecule has 0 aliphatic carbocycles. The molecule has 0 spiro atoms. The zero-order valence-electron chi connectivity index (χ0n) is 14.0. The van der Waals surface area contributed by atoms with Crippen LogP contribution in [-0.4, -0.2) is 10.8 Å². The minimum Gasteiger partial charge on any atom is -0.506 e. The maximum absolute atomic E-state index is 9.56. The molecule has 0 saturated heterocycles. The van der Waals surface area contributed by atoms with E-state index in [-0.39, 0.29) is 11.8 Å². The zero-order chi connectivity index (χ0) is 18.1. The van der Waals surface area contributed by atoms with Gasteiger partial charge in [0, 0.05) is 10.7 Å². The predicted molar refractivity (Wildman–Crippen MR) is 109 cm³/mol. The lowest BCUT2D eigenvalue weighted by molar-refractivity contribution is 0.475. The second-order valence-electron chi connectivity index (χ2n) is 6.40. The molecule has 26 heavy (non-hydrogen) atoms. The van der Waals surface area contributed by atoms with Gasteiger partial charge >= 0.3 is 0 Å². The second kappa shape index (κ2) is 7.14. The average molecular weight is 382 g/mol. The summed E-state index contributed by atoms with van der Waals surface area (Å²) in [5.74, 6) is 0.0953. The molecule has 3 aromatic rings. The second-order valence-corrected chi connectivity index (χ2v) is 7.21. The highest BCUT2D eigenvalue weighted by molar-refractivity contribution is 6.32. The number of phenolic OH excluding ortho intramolecular Hbond substituents is 1. The van der Waals surface area contributed by atoms with Gasteiger partial charge in [-0.3, -0.25) is 4.99 Å². The van der Waals surface area contributed by atoms with Crippen molar-refractivity contribution in [1.82, 2.24) is 0 Å². The summed E-state index contributed by atoms with van der Waals surface area (Å²) in [6, 6.07) is 21.6. The van der Waals surface area contributed by atoms with Crippen LogP contribution < -0.4 is 0 Å². The van der Waals surface area contributed by atoms with Crippen molar-refractivity contribution in [3.8, 4) is 16.9 Å². The molecule has 1 aliphatic rings. The Morgan fingerprint density at radius 1 is 0.808 bits per heavy atom. The van der Waals surface area contributed by atoms with Crippen LogP contribution in [0.2, 0.25) is 10.0 Å². The lowest BCUT2D eigenvalue weighted by atomic mass is 10.0. The number of halogens is 2. The van der Waals surface area contributed by atoms with Gasteiger partial charge in [0.1, 0.15) is 5.75 Å². The number of hydrogen-bond acceptors (Lipinski definition) is 2. The van der Waals surface area contributed by atoms with Crippen LogP contribution in [0.3, 0.4) is 0 Å². The SMILES string of the molecule is Oc1ccc(-c2ccc(C3=NC(c4ccccc4Cl)CC3)cc2)cc1Cl. The number of aromatic hydroxyl groups is 1. The first-order valence-electron chi connectivity index (χ1n) is 8.52. The molecule has 1 aliphatic heterocycles. The standard InChI is InChI=1S/C22H17Cl2NO/c23-18-4-2-1-3-17(18)21-11-10-20(25-21)15-7-5-14(6-8-15)16-9-12-22(26)19(24)13-16/h1-9,12-13,21,26H,10-11H2. The third-order valence-electron chi connectivity index (χ3n) is 4.73. The van der Waals surface area contributed by atoms with Crippen LogP contribution >= 0.6 is 23.2 Å². The van der Waals surface area contributed by atoms with E-state index in [1.165, 1.54) is 0 Å². The molecule has 0 bridgehead atoms. The maximum atomic E-state index is 9.56. The first-order chi connectivity index (χ1) is 12.6. The van der Waals surface area contributed by atoms with Crippen molar-refractivity contribution >= 4 is 28.9 Å². The highest BCUT2D eigenvalue weighted by atomic mass is 35.5. The van der Waals surface area contributed by atoms with E-state index >= 15 is 0 Å². The Balaban J connectivity index is 1.58. The van der Waals surface area contributed by atoms with Gasteiger partial charge in [0.2, 0.25) is 0 Å². The minimum absolute atomic E-state index is 0.0953. The molecule has 1 atom stereocenters. The minimum atomic E-state index is 0.0953. The number of phenols is 1. The molecule has 0 saturated carbocycles. The number of benzene rings is 3. The molecule has 0 aromatic heterocycles. The highest BCUT2D eigenvalue weighted by Crippen LogP contribution is 2.35. The van der Waals surface area contributed by atoms with Gasteiger partial charge in [-0.2, -0.15) is 0 Å². The molecule has 4 rings (SSSR count). The molecule has 0 amide bonds. The predicted octanol–water partition coefficient (Wildman–Crippen LogP) is 6.69. The van der Waals surface area contributed by atoms with Crippen LogP contribution in [0, 0.1) is 0 Å². The van der Waals surface area contributed by atoms with E-state index in [1.54, 1.807) is 12.1 Å². The highest BCUT2D eigenvalue weighted by Gasteiger charge is 2.21. The lowest BCUT2D eigenvalue weighted by Gasteiger charge is -2.08. The quantitative estimate of drug-likeness (QED) is 0.538. The number of hydrogen-bond donors (Lipinski definition) is 1. The molecule has 4 heteroatoms. The van der Waals surface area contributed by atoms with E-state index in [1.807, 2.05) is 24.3 Å². The van der Waals surface area contributed by atoms with E-state index in [0.717, 1.165) is 45.8 Å². The van der Waals surface area contributed by atoms with Crippen LogP contribution in [0.5, 0.6) is 5.75 Å². The third-order valence-corrected chi connectivity index (χ3v) is 5.38. The summed E-state index contributed by atoms with van der Waals surface area (Å²) in [6.45, 7) is 0. The van der Waals surface area contributed by atoms with Crippen LogP contribution in [0.25, 0.3) is 11.1 Å². The fourth-order valence-electron chi connectivity index (χ4n) is 3.32. The first-order valence-corrected chi connectivity index (χ1v) is 9.28. The molecule has 0 fully saturated rings. The molecule has 1 unspecified atom stereocenters. The number of rotatable bonds is 3. The summed E-state index contributed by atoms with van der Waals surface area (Å²) >= 11 is 12.3. The molecule has 1 N–H and O–H groups in total. The number of nitrogens with zero attached hydrogens (tertiary/aromatic N) is 1. The van der Waals surface area contributed by atoms with E-state index in [4.69, 9.17) is 28.2 Å². The smallest absolute Gasteiger partial charge is 0.134 e. The summed E-state index contributed by atoms with van der Waals surface area (Å²) in [6.07, 6.45) is 1.93. The van der Waals surface area contributed by atoms with Crippen LogP contribution in [-0.2, 0) is 0 Å². The molecular weight excluding hydrogens is 365 g/mol. The van der Waals surface area contributed by atoms with Crippen molar-refractivity contribution < 1.29 is 5.11 Å². The summed E-state index contributed by atoms with van der Waals surface area (Å²) < 4.78 is 0. The Labute approximate surface area is 162 Å². The topological polar surface area (TPSA) is 32.6 Å². The van der Waals surface area contributed by atoms with Gasteiger partial charge in [0.05, 0.1) is 11.1 Å². The summed E-state index contributed by atoms with van der Waals surface area (Å²) in [4.78, 5) is 4.90. The average Bonchev–Trinajstić information content (AvgIpc) is 3.14. The number of aliphatic imine (C=N–C) groups is 1. The molecule has 130 valence electrons. The van der Waals surface area contributed by atoms with E-state index in [9.17, 15) is 5.11 Å². The maximum Gasteiger partial charge on any atom is 0.134 e. The Bertz CT molecular complexity index is 980. The first kappa shape index (κ1) is 17.1. The third kappa shape index (κ3) is 3.35. The van der Waals surface area contributed by atoms with E-state index in [2.05, 4.69) is 30.3 Å². The van der Waals surface area contributed by atoms with E-state index < -0.39 is 0 Å². The largest absolute Gasteiger partial charge is 0.506 e. The Morgan fingerprint density at radius 3 is 2.23 bits per heavy atom. The molecule has 1 heterocycles. The molecule has 0 radical (unpaired) electrons. The van der Waals surface area contributed by atoms with Crippen LogP contribution in [0.4, 0.5) is 0 Å². The zero-order valence-corrected chi connectivity index (χ0v) is 15.5. The van der Waals surface area contributed by atoms with Gasteiger partial charge in [0.15, 0.2) is 0 Å². The van der Waals surface area contributed by atoms with Gasteiger partial charge in [-0.15, -0.1) is 0 Å². The van der Waals surface area contributed by atoms with Crippen molar-refractivity contribution in [2.24, 2.45) is 4.99 Å². The summed E-state index contributed by atoms with van der Waals surface area (Å²) in [5, 5.41) is 10.7. The lowest BCUT2D eigenvalue weighted by Crippen LogP contribution is -1.95. The van der Waals surface area contributed by atoms with Crippen LogP contribution in [0.15, 0.2) is 71.7 Å². The van der Waals surface area contributed by atoms with Crippen LogP contribution in [0.1, 0.15) is 30.0 Å². The Hall–Kier alpha value is -2.29.